The molecule has 0 aliphatic carbocycles. The van der Waals surface area contributed by atoms with E-state index in [0.29, 0.717) is 4.47 Å². The van der Waals surface area contributed by atoms with E-state index in [2.05, 4.69) is 46.3 Å². The summed E-state index contributed by atoms with van der Waals surface area (Å²) in [4.78, 5) is 0. The molecule has 1 N–H and O–H groups in total. The summed E-state index contributed by atoms with van der Waals surface area (Å²) in [6.45, 7) is 5.07. The van der Waals surface area contributed by atoms with Gasteiger partial charge in [-0.1, -0.05) is 13.0 Å². The van der Waals surface area contributed by atoms with Crippen molar-refractivity contribution in [3.8, 4) is 0 Å². The van der Waals surface area contributed by atoms with Crippen molar-refractivity contribution in [2.24, 2.45) is 0 Å². The predicted octanol–water partition coefficient (Wildman–Crippen LogP) is 3.87. The van der Waals surface area contributed by atoms with Crippen molar-refractivity contribution in [3.05, 3.63) is 51.5 Å². The highest BCUT2D eigenvalue weighted by atomic mass is 79.9. The summed E-state index contributed by atoms with van der Waals surface area (Å²) < 4.78 is 15.9. The summed E-state index contributed by atoms with van der Waals surface area (Å²) in [6, 6.07) is 7.46. The predicted molar refractivity (Wildman–Crippen MR) is 86.9 cm³/mol. The normalized spacial score (nSPS) is 12.6. The molecule has 3 nitrogen and oxygen atoms in total. The molecule has 2 aromatic rings. The lowest BCUT2D eigenvalue weighted by Crippen LogP contribution is -2.20. The molecule has 0 spiro atoms. The van der Waals surface area contributed by atoms with Gasteiger partial charge in [-0.15, -0.1) is 0 Å². The summed E-state index contributed by atoms with van der Waals surface area (Å²) in [6.07, 6.45) is 1.77. The molecule has 1 unspecified atom stereocenters. The van der Waals surface area contributed by atoms with Crippen LogP contribution in [0.5, 0.6) is 0 Å². The summed E-state index contributed by atoms with van der Waals surface area (Å²) in [7, 11) is 1.93. The number of rotatable bonds is 6. The fourth-order valence-corrected chi connectivity index (χ4v) is 2.85. The average Bonchev–Trinajstić information content (AvgIpc) is 2.90. The molecule has 0 aliphatic rings. The number of halogens is 2. The summed E-state index contributed by atoms with van der Waals surface area (Å²) >= 11 is 3.25. The van der Waals surface area contributed by atoms with Gasteiger partial charge in [-0.25, -0.2) is 4.39 Å². The van der Waals surface area contributed by atoms with Gasteiger partial charge in [-0.05, 0) is 60.1 Å². The van der Waals surface area contributed by atoms with Crippen LogP contribution < -0.4 is 5.32 Å². The Morgan fingerprint density at radius 1 is 1.33 bits per heavy atom. The van der Waals surface area contributed by atoms with Crippen molar-refractivity contribution in [2.45, 2.75) is 39.3 Å². The minimum absolute atomic E-state index is 0.133. The first-order valence-corrected chi connectivity index (χ1v) is 8.06. The second kappa shape index (κ2) is 7.18. The molecular formula is C16H21BrFN3. The first-order valence-electron chi connectivity index (χ1n) is 7.26. The average molecular weight is 354 g/mol. The highest BCUT2D eigenvalue weighted by molar-refractivity contribution is 9.10. The van der Waals surface area contributed by atoms with E-state index < -0.39 is 0 Å². The van der Waals surface area contributed by atoms with Crippen molar-refractivity contribution in [1.82, 2.24) is 15.1 Å². The lowest BCUT2D eigenvalue weighted by atomic mass is 10.0. The van der Waals surface area contributed by atoms with Crippen LogP contribution in [0, 0.1) is 5.82 Å². The number of aryl methyl sites for hydroxylation is 2. The highest BCUT2D eigenvalue weighted by Gasteiger charge is 2.15. The van der Waals surface area contributed by atoms with Crippen LogP contribution in [0.3, 0.4) is 0 Å². The second-order valence-corrected chi connectivity index (χ2v) is 5.87. The molecule has 1 heterocycles. The third kappa shape index (κ3) is 3.71. The number of likely N-dealkylation sites (N-methyl/N-ethyl adjacent to an activating group) is 1. The molecule has 21 heavy (non-hydrogen) atoms. The van der Waals surface area contributed by atoms with Crippen molar-refractivity contribution in [1.29, 1.82) is 0 Å². The smallest absolute Gasteiger partial charge is 0.137 e. The molecule has 0 aliphatic heterocycles. The van der Waals surface area contributed by atoms with Gasteiger partial charge in [0.2, 0.25) is 0 Å². The van der Waals surface area contributed by atoms with Crippen molar-refractivity contribution >= 4 is 15.9 Å². The fraction of sp³-hybridized carbons (Fsp3) is 0.438. The molecule has 5 heteroatoms. The number of aromatic nitrogens is 2. The lowest BCUT2D eigenvalue weighted by molar-refractivity contribution is 0.538. The monoisotopic (exact) mass is 353 g/mol. The molecule has 1 atom stereocenters. The van der Waals surface area contributed by atoms with E-state index in [-0.39, 0.29) is 11.9 Å². The fourth-order valence-electron chi connectivity index (χ4n) is 2.45. The Morgan fingerprint density at radius 3 is 2.67 bits per heavy atom. The van der Waals surface area contributed by atoms with E-state index in [0.717, 1.165) is 30.6 Å². The zero-order chi connectivity index (χ0) is 15.4. The molecular weight excluding hydrogens is 333 g/mol. The molecule has 0 radical (unpaired) electrons. The number of nitrogens with one attached hydrogen (secondary N) is 1. The number of hydrogen-bond acceptors (Lipinski definition) is 2. The summed E-state index contributed by atoms with van der Waals surface area (Å²) in [5.74, 6) is -0.236. The van der Waals surface area contributed by atoms with Crippen LogP contribution in [0.15, 0.2) is 28.7 Å². The van der Waals surface area contributed by atoms with Crippen molar-refractivity contribution in [3.63, 3.8) is 0 Å². The molecule has 0 amide bonds. The first kappa shape index (κ1) is 16.2. The maximum absolute atomic E-state index is 13.4. The van der Waals surface area contributed by atoms with Gasteiger partial charge in [-0.3, -0.25) is 4.68 Å². The van der Waals surface area contributed by atoms with Crippen molar-refractivity contribution in [2.75, 3.05) is 7.05 Å². The van der Waals surface area contributed by atoms with Crippen LogP contribution in [0.2, 0.25) is 0 Å². The van der Waals surface area contributed by atoms with E-state index >= 15 is 0 Å². The Balaban J connectivity index is 2.26. The van der Waals surface area contributed by atoms with E-state index in [9.17, 15) is 4.39 Å². The molecule has 0 saturated heterocycles. The van der Waals surface area contributed by atoms with Crippen LogP contribution in [-0.2, 0) is 19.4 Å². The molecule has 114 valence electrons. The van der Waals surface area contributed by atoms with E-state index in [1.807, 2.05) is 23.9 Å². The molecule has 0 bridgehead atoms. The van der Waals surface area contributed by atoms with Crippen molar-refractivity contribution < 1.29 is 4.39 Å². The first-order chi connectivity index (χ1) is 10.1. The highest BCUT2D eigenvalue weighted by Crippen LogP contribution is 2.24. The quantitative estimate of drug-likeness (QED) is 0.854. The van der Waals surface area contributed by atoms with Gasteiger partial charge in [0, 0.05) is 24.7 Å². The molecule has 0 saturated carbocycles. The zero-order valence-corrected chi connectivity index (χ0v) is 14.2. The van der Waals surface area contributed by atoms with Crippen LogP contribution in [-0.4, -0.2) is 16.8 Å². The van der Waals surface area contributed by atoms with Gasteiger partial charge >= 0.3 is 0 Å². The Kier molecular flexibility index (Phi) is 5.53. The van der Waals surface area contributed by atoms with Crippen LogP contribution in [0.1, 0.15) is 36.8 Å². The van der Waals surface area contributed by atoms with Gasteiger partial charge in [0.05, 0.1) is 10.2 Å². The Labute approximate surface area is 133 Å². The van der Waals surface area contributed by atoms with Gasteiger partial charge in [-0.2, -0.15) is 5.10 Å². The number of benzene rings is 1. The van der Waals surface area contributed by atoms with Gasteiger partial charge in [0.1, 0.15) is 5.82 Å². The van der Waals surface area contributed by atoms with Crippen LogP contribution in [0.4, 0.5) is 4.39 Å². The van der Waals surface area contributed by atoms with E-state index in [4.69, 9.17) is 0 Å². The van der Waals surface area contributed by atoms with Crippen LogP contribution in [0.25, 0.3) is 0 Å². The topological polar surface area (TPSA) is 29.9 Å². The number of nitrogens with zero attached hydrogens (tertiary/aromatic N) is 2. The Bertz CT molecular complexity index is 610. The van der Waals surface area contributed by atoms with Crippen LogP contribution >= 0.6 is 15.9 Å². The third-order valence-electron chi connectivity index (χ3n) is 3.68. The summed E-state index contributed by atoms with van der Waals surface area (Å²) in [5, 5.41) is 7.89. The second-order valence-electron chi connectivity index (χ2n) is 5.02. The van der Waals surface area contributed by atoms with Gasteiger partial charge < -0.3 is 5.32 Å². The standard InChI is InChI=1S/C16H21BrFN3/c1-4-12-9-13(21(5-2)20-12)10-16(19-3)11-6-7-15(18)14(17)8-11/h6-9,16,19H,4-5,10H2,1-3H3. The van der Waals surface area contributed by atoms with Gasteiger partial charge in [0.25, 0.3) is 0 Å². The molecule has 1 aromatic carbocycles. The van der Waals surface area contributed by atoms with E-state index in [1.54, 1.807) is 0 Å². The zero-order valence-electron chi connectivity index (χ0n) is 12.7. The minimum Gasteiger partial charge on any atom is -0.313 e. The lowest BCUT2D eigenvalue weighted by Gasteiger charge is -2.17. The summed E-state index contributed by atoms with van der Waals surface area (Å²) in [5.41, 5.74) is 3.38. The molecule has 2 rings (SSSR count). The maximum Gasteiger partial charge on any atom is 0.137 e. The SMILES string of the molecule is CCc1cc(CC(NC)c2ccc(F)c(Br)c2)n(CC)n1. The molecule has 1 aromatic heterocycles. The Morgan fingerprint density at radius 2 is 2.10 bits per heavy atom. The minimum atomic E-state index is -0.236. The van der Waals surface area contributed by atoms with E-state index in [1.165, 1.54) is 11.8 Å². The largest absolute Gasteiger partial charge is 0.313 e. The third-order valence-corrected chi connectivity index (χ3v) is 4.29. The maximum atomic E-state index is 13.4. The number of hydrogen-bond donors (Lipinski definition) is 1. The Hall–Kier alpha value is -1.20. The molecule has 0 fully saturated rings. The van der Waals surface area contributed by atoms with Gasteiger partial charge in [0.15, 0.2) is 0 Å².